The third kappa shape index (κ3) is 4.68. The predicted molar refractivity (Wildman–Crippen MR) is 101 cm³/mol. The van der Waals surface area contributed by atoms with Gasteiger partial charge in [0.2, 0.25) is 17.6 Å². The van der Waals surface area contributed by atoms with E-state index in [-0.39, 0.29) is 0 Å². The molecule has 0 radical (unpaired) electrons. The van der Waals surface area contributed by atoms with Crippen LogP contribution < -0.4 is 0 Å². The standard InChI is InChI=1S/C20H24N4O3/c1-12-10-17(6-7-18(12)20-22-16(5)27-24-20)8-9-25-11-13(2)14(3)19-21-15(4)26-23-19/h6-7,10H,8-9,11H2,1-5H3. The second-order valence-electron chi connectivity index (χ2n) is 6.63. The molecule has 0 aliphatic rings. The zero-order valence-electron chi connectivity index (χ0n) is 16.4. The van der Waals surface area contributed by atoms with Gasteiger partial charge in [-0.15, -0.1) is 0 Å². The van der Waals surface area contributed by atoms with Crippen LogP contribution in [0.4, 0.5) is 0 Å². The number of benzene rings is 1. The number of rotatable bonds is 7. The molecule has 2 heterocycles. The van der Waals surface area contributed by atoms with Gasteiger partial charge in [0.15, 0.2) is 5.82 Å². The van der Waals surface area contributed by atoms with E-state index >= 15 is 0 Å². The molecule has 7 nitrogen and oxygen atoms in total. The second-order valence-corrected chi connectivity index (χ2v) is 6.63. The first kappa shape index (κ1) is 19.0. The summed E-state index contributed by atoms with van der Waals surface area (Å²) in [6.07, 6.45) is 0.833. The number of aromatic nitrogens is 4. The maximum absolute atomic E-state index is 5.82. The van der Waals surface area contributed by atoms with Crippen LogP contribution in [0.5, 0.6) is 0 Å². The predicted octanol–water partition coefficient (Wildman–Crippen LogP) is 4.10. The Kier molecular flexibility index (Phi) is 5.81. The molecule has 1 aromatic carbocycles. The normalized spacial score (nSPS) is 12.3. The molecule has 0 spiro atoms. The van der Waals surface area contributed by atoms with Crippen LogP contribution in [0.2, 0.25) is 0 Å². The summed E-state index contributed by atoms with van der Waals surface area (Å²) in [5.41, 5.74) is 5.40. The number of nitrogens with zero attached hydrogens (tertiary/aromatic N) is 4. The largest absolute Gasteiger partial charge is 0.377 e. The monoisotopic (exact) mass is 368 g/mol. The zero-order chi connectivity index (χ0) is 19.4. The second kappa shape index (κ2) is 8.26. The first-order chi connectivity index (χ1) is 12.9. The van der Waals surface area contributed by atoms with Crippen LogP contribution in [0.1, 0.15) is 42.6 Å². The van der Waals surface area contributed by atoms with Gasteiger partial charge >= 0.3 is 0 Å². The Bertz CT molecular complexity index is 956. The van der Waals surface area contributed by atoms with E-state index in [1.807, 2.05) is 19.9 Å². The van der Waals surface area contributed by atoms with Crippen molar-refractivity contribution in [1.82, 2.24) is 20.3 Å². The molecule has 0 bridgehead atoms. The lowest BCUT2D eigenvalue weighted by Crippen LogP contribution is -2.03. The maximum atomic E-state index is 5.82. The van der Waals surface area contributed by atoms with Crippen molar-refractivity contribution in [2.45, 2.75) is 41.0 Å². The van der Waals surface area contributed by atoms with Gasteiger partial charge in [0.1, 0.15) is 0 Å². The molecule has 3 rings (SSSR count). The molecule has 0 N–H and O–H groups in total. The number of hydrogen-bond donors (Lipinski definition) is 0. The average Bonchev–Trinajstić information content (AvgIpc) is 3.26. The van der Waals surface area contributed by atoms with Crippen molar-refractivity contribution in [1.29, 1.82) is 0 Å². The van der Waals surface area contributed by atoms with E-state index in [0.717, 1.165) is 28.7 Å². The molecule has 0 amide bonds. The van der Waals surface area contributed by atoms with E-state index in [0.29, 0.717) is 36.6 Å². The van der Waals surface area contributed by atoms with Crippen molar-refractivity contribution in [2.75, 3.05) is 13.2 Å². The molecular formula is C20H24N4O3. The van der Waals surface area contributed by atoms with Gasteiger partial charge in [0, 0.05) is 19.4 Å². The fourth-order valence-corrected chi connectivity index (χ4v) is 2.71. The summed E-state index contributed by atoms with van der Waals surface area (Å²) in [4.78, 5) is 8.53. The van der Waals surface area contributed by atoms with Crippen LogP contribution in [-0.2, 0) is 11.2 Å². The molecule has 27 heavy (non-hydrogen) atoms. The number of allylic oxidation sites excluding steroid dienone is 1. The molecule has 0 saturated heterocycles. The van der Waals surface area contributed by atoms with Gasteiger partial charge in [-0.05, 0) is 49.5 Å². The van der Waals surface area contributed by atoms with E-state index in [4.69, 9.17) is 13.8 Å². The minimum Gasteiger partial charge on any atom is -0.377 e. The Morgan fingerprint density at radius 3 is 2.37 bits per heavy atom. The topological polar surface area (TPSA) is 87.1 Å². The summed E-state index contributed by atoms with van der Waals surface area (Å²) in [7, 11) is 0. The summed E-state index contributed by atoms with van der Waals surface area (Å²) in [6, 6.07) is 6.25. The third-order valence-electron chi connectivity index (χ3n) is 4.42. The smallest absolute Gasteiger partial charge is 0.223 e. The SMILES string of the molecule is CC(COCCc1ccc(-c2noc(C)n2)c(C)c1)=C(C)c1noc(C)n1. The van der Waals surface area contributed by atoms with Gasteiger partial charge in [-0.2, -0.15) is 9.97 Å². The van der Waals surface area contributed by atoms with E-state index in [2.05, 4.69) is 39.3 Å². The molecular weight excluding hydrogens is 344 g/mol. The van der Waals surface area contributed by atoms with E-state index < -0.39 is 0 Å². The van der Waals surface area contributed by atoms with Gasteiger partial charge in [-0.25, -0.2) is 0 Å². The molecule has 7 heteroatoms. The van der Waals surface area contributed by atoms with Crippen molar-refractivity contribution in [3.8, 4) is 11.4 Å². The van der Waals surface area contributed by atoms with Crippen LogP contribution in [-0.4, -0.2) is 33.5 Å². The molecule has 0 aliphatic carbocycles. The van der Waals surface area contributed by atoms with Gasteiger partial charge in [0.05, 0.1) is 13.2 Å². The van der Waals surface area contributed by atoms with Crippen LogP contribution in [0.3, 0.4) is 0 Å². The first-order valence-corrected chi connectivity index (χ1v) is 8.89. The maximum Gasteiger partial charge on any atom is 0.223 e. The Hall–Kier alpha value is -2.80. The van der Waals surface area contributed by atoms with Crippen LogP contribution >= 0.6 is 0 Å². The summed E-state index contributed by atoms with van der Waals surface area (Å²) >= 11 is 0. The number of hydrogen-bond acceptors (Lipinski definition) is 7. The number of aryl methyl sites for hydroxylation is 3. The van der Waals surface area contributed by atoms with Gasteiger partial charge in [0.25, 0.3) is 0 Å². The molecule has 2 aromatic heterocycles. The van der Waals surface area contributed by atoms with Crippen molar-refractivity contribution < 1.29 is 13.8 Å². The highest BCUT2D eigenvalue weighted by molar-refractivity contribution is 5.61. The molecule has 3 aromatic rings. The highest BCUT2D eigenvalue weighted by atomic mass is 16.5. The van der Waals surface area contributed by atoms with E-state index in [1.54, 1.807) is 13.8 Å². The van der Waals surface area contributed by atoms with Gasteiger partial charge in [-0.3, -0.25) is 0 Å². The highest BCUT2D eigenvalue weighted by Gasteiger charge is 2.10. The quantitative estimate of drug-likeness (QED) is 0.580. The van der Waals surface area contributed by atoms with Crippen LogP contribution in [0.25, 0.3) is 17.0 Å². The fraction of sp³-hybridized carbons (Fsp3) is 0.400. The van der Waals surface area contributed by atoms with Gasteiger partial charge in [-0.1, -0.05) is 28.5 Å². The molecule has 142 valence electrons. The average molecular weight is 368 g/mol. The van der Waals surface area contributed by atoms with E-state index in [9.17, 15) is 0 Å². The summed E-state index contributed by atoms with van der Waals surface area (Å²) < 4.78 is 15.9. The Morgan fingerprint density at radius 1 is 1.00 bits per heavy atom. The lowest BCUT2D eigenvalue weighted by atomic mass is 10.0. The molecule has 0 unspecified atom stereocenters. The molecule has 0 atom stereocenters. The fourth-order valence-electron chi connectivity index (χ4n) is 2.71. The minimum atomic E-state index is 0.540. The first-order valence-electron chi connectivity index (χ1n) is 8.89. The minimum absolute atomic E-state index is 0.540. The highest BCUT2D eigenvalue weighted by Crippen LogP contribution is 2.22. The van der Waals surface area contributed by atoms with Crippen LogP contribution in [0.15, 0.2) is 32.8 Å². The molecule has 0 fully saturated rings. The van der Waals surface area contributed by atoms with Crippen molar-refractivity contribution in [2.24, 2.45) is 0 Å². The third-order valence-corrected chi connectivity index (χ3v) is 4.42. The van der Waals surface area contributed by atoms with Gasteiger partial charge < -0.3 is 13.8 Å². The lowest BCUT2D eigenvalue weighted by molar-refractivity contribution is 0.159. The summed E-state index contributed by atoms with van der Waals surface area (Å²) in [5.74, 6) is 2.38. The van der Waals surface area contributed by atoms with Crippen molar-refractivity contribution in [3.63, 3.8) is 0 Å². The summed E-state index contributed by atoms with van der Waals surface area (Å²) in [5, 5.41) is 7.92. The summed E-state index contributed by atoms with van der Waals surface area (Å²) in [6.45, 7) is 10.8. The lowest BCUT2D eigenvalue weighted by Gasteiger charge is -2.08. The Balaban J connectivity index is 1.54. The molecule has 0 aliphatic heterocycles. The van der Waals surface area contributed by atoms with Crippen molar-refractivity contribution >= 4 is 5.57 Å². The zero-order valence-corrected chi connectivity index (χ0v) is 16.4. The van der Waals surface area contributed by atoms with Crippen molar-refractivity contribution in [3.05, 3.63) is 52.5 Å². The van der Waals surface area contributed by atoms with E-state index in [1.165, 1.54) is 5.56 Å². The molecule has 0 saturated carbocycles. The number of ether oxygens (including phenoxy) is 1. The Labute approximate surface area is 158 Å². The van der Waals surface area contributed by atoms with Crippen LogP contribution in [0, 0.1) is 20.8 Å². The Morgan fingerprint density at radius 2 is 1.74 bits per heavy atom.